The quantitative estimate of drug-likeness (QED) is 0.849. The van der Waals surface area contributed by atoms with Crippen LogP contribution < -0.4 is 4.74 Å². The Morgan fingerprint density at radius 2 is 1.57 bits per heavy atom. The van der Waals surface area contributed by atoms with Gasteiger partial charge in [0.15, 0.2) is 0 Å². The van der Waals surface area contributed by atoms with Crippen molar-refractivity contribution in [1.82, 2.24) is 0 Å². The molecule has 1 heterocycles. The lowest BCUT2D eigenvalue weighted by atomic mass is 10.1. The van der Waals surface area contributed by atoms with E-state index in [0.717, 1.165) is 29.9 Å². The second kappa shape index (κ2) is 6.46. The highest BCUT2D eigenvalue weighted by atomic mass is 16.5. The Morgan fingerprint density at radius 1 is 1.00 bits per heavy atom. The molecule has 1 aliphatic heterocycles. The number of phenols is 1. The summed E-state index contributed by atoms with van der Waals surface area (Å²) < 4.78 is 11.0. The molecule has 1 unspecified atom stereocenters. The van der Waals surface area contributed by atoms with Crippen molar-refractivity contribution in [1.29, 1.82) is 0 Å². The fraction of sp³-hybridized carbons (Fsp3) is 0.222. The van der Waals surface area contributed by atoms with Crippen molar-refractivity contribution in [3.63, 3.8) is 0 Å². The highest BCUT2D eigenvalue weighted by molar-refractivity contribution is 5.70. The van der Waals surface area contributed by atoms with Crippen LogP contribution in [-0.2, 0) is 4.74 Å². The molecule has 0 spiro atoms. The minimum absolute atomic E-state index is 0.263. The number of benzene rings is 2. The van der Waals surface area contributed by atoms with Crippen LogP contribution in [0, 0.1) is 0 Å². The maximum Gasteiger partial charge on any atom is 0.119 e. The van der Waals surface area contributed by atoms with E-state index in [2.05, 4.69) is 0 Å². The highest BCUT2D eigenvalue weighted by Gasteiger charge is 2.18. The number of aromatic hydroxyl groups is 1. The summed E-state index contributed by atoms with van der Waals surface area (Å²) in [6, 6.07) is 15.1. The topological polar surface area (TPSA) is 38.7 Å². The molecule has 3 heteroatoms. The van der Waals surface area contributed by atoms with Crippen molar-refractivity contribution in [2.24, 2.45) is 0 Å². The van der Waals surface area contributed by atoms with Crippen LogP contribution in [-0.4, -0.2) is 24.4 Å². The van der Waals surface area contributed by atoms with Gasteiger partial charge < -0.3 is 14.6 Å². The van der Waals surface area contributed by atoms with E-state index >= 15 is 0 Å². The van der Waals surface area contributed by atoms with Crippen molar-refractivity contribution in [3.8, 4) is 11.5 Å². The van der Waals surface area contributed by atoms with Crippen LogP contribution in [0.4, 0.5) is 0 Å². The van der Waals surface area contributed by atoms with Gasteiger partial charge in [-0.15, -0.1) is 0 Å². The molecule has 1 fully saturated rings. The van der Waals surface area contributed by atoms with Crippen LogP contribution >= 0.6 is 0 Å². The van der Waals surface area contributed by atoms with Gasteiger partial charge in [0.25, 0.3) is 0 Å². The Balaban J connectivity index is 1.56. The molecule has 0 amide bonds. The number of rotatable bonds is 5. The highest BCUT2D eigenvalue weighted by Crippen LogP contribution is 2.18. The molecule has 1 N–H and O–H groups in total. The Hall–Kier alpha value is -2.26. The lowest BCUT2D eigenvalue weighted by Crippen LogP contribution is -2.32. The van der Waals surface area contributed by atoms with Gasteiger partial charge >= 0.3 is 0 Å². The number of hydrogen-bond acceptors (Lipinski definition) is 3. The van der Waals surface area contributed by atoms with Crippen LogP contribution in [0.15, 0.2) is 48.5 Å². The van der Waals surface area contributed by atoms with Gasteiger partial charge in [-0.25, -0.2) is 0 Å². The number of hydrogen-bond donors (Lipinski definition) is 1. The summed E-state index contributed by atoms with van der Waals surface area (Å²) >= 11 is 0. The third kappa shape index (κ3) is 3.86. The fourth-order valence-corrected chi connectivity index (χ4v) is 2.06. The first-order valence-corrected chi connectivity index (χ1v) is 7.11. The van der Waals surface area contributed by atoms with E-state index in [1.807, 2.05) is 48.6 Å². The number of phenolic OH excluding ortho intramolecular Hbond substituents is 1. The molecule has 0 aliphatic carbocycles. The first-order chi connectivity index (χ1) is 10.3. The molecular formula is C18H18O3. The van der Waals surface area contributed by atoms with Gasteiger partial charge in [-0.2, -0.15) is 0 Å². The van der Waals surface area contributed by atoms with E-state index in [1.165, 1.54) is 0 Å². The van der Waals surface area contributed by atoms with Crippen molar-refractivity contribution in [2.75, 3.05) is 13.2 Å². The molecule has 0 aromatic heterocycles. The molecule has 3 rings (SSSR count). The van der Waals surface area contributed by atoms with E-state index in [1.54, 1.807) is 12.1 Å². The van der Waals surface area contributed by atoms with Gasteiger partial charge in [0.2, 0.25) is 0 Å². The Bertz CT molecular complexity index is 595. The van der Waals surface area contributed by atoms with Crippen molar-refractivity contribution < 1.29 is 14.6 Å². The normalized spacial score (nSPS) is 17.6. The Morgan fingerprint density at radius 3 is 2.10 bits per heavy atom. The molecule has 21 heavy (non-hydrogen) atoms. The van der Waals surface area contributed by atoms with E-state index < -0.39 is 0 Å². The largest absolute Gasteiger partial charge is 0.508 e. The summed E-state index contributed by atoms with van der Waals surface area (Å²) in [4.78, 5) is 0. The minimum atomic E-state index is 0.263. The standard InChI is InChI=1S/C18H18O3/c19-16-7-3-14(4-8-16)1-2-15-5-9-17(10-6-15)21-13-18-11-12-20-18/h1-10,18-19H,11-13H2/b2-1+. The monoisotopic (exact) mass is 282 g/mol. The first-order valence-electron chi connectivity index (χ1n) is 7.11. The molecule has 0 bridgehead atoms. The lowest BCUT2D eigenvalue weighted by molar-refractivity contribution is -0.0720. The summed E-state index contributed by atoms with van der Waals surface area (Å²) in [6.07, 6.45) is 5.40. The Labute approximate surface area is 124 Å². The van der Waals surface area contributed by atoms with Crippen molar-refractivity contribution in [2.45, 2.75) is 12.5 Å². The van der Waals surface area contributed by atoms with E-state index in [4.69, 9.17) is 9.47 Å². The van der Waals surface area contributed by atoms with Crippen LogP contribution in [0.25, 0.3) is 12.2 Å². The van der Waals surface area contributed by atoms with Crippen LogP contribution in [0.1, 0.15) is 17.5 Å². The molecule has 1 saturated heterocycles. The third-order valence-corrected chi connectivity index (χ3v) is 3.47. The van der Waals surface area contributed by atoms with Gasteiger partial charge in [-0.1, -0.05) is 36.4 Å². The average Bonchev–Trinajstić information content (AvgIpc) is 2.46. The van der Waals surface area contributed by atoms with Gasteiger partial charge in [0.1, 0.15) is 18.1 Å². The zero-order valence-electron chi connectivity index (χ0n) is 11.7. The van der Waals surface area contributed by atoms with Crippen LogP contribution in [0.5, 0.6) is 11.5 Å². The molecular weight excluding hydrogens is 264 g/mol. The molecule has 2 aromatic rings. The third-order valence-electron chi connectivity index (χ3n) is 3.47. The maximum atomic E-state index is 9.24. The van der Waals surface area contributed by atoms with E-state index in [0.29, 0.717) is 6.61 Å². The van der Waals surface area contributed by atoms with E-state index in [9.17, 15) is 5.11 Å². The summed E-state index contributed by atoms with van der Waals surface area (Å²) in [5, 5.41) is 9.24. The summed E-state index contributed by atoms with van der Waals surface area (Å²) in [5.74, 6) is 1.15. The van der Waals surface area contributed by atoms with E-state index in [-0.39, 0.29) is 11.9 Å². The predicted molar refractivity (Wildman–Crippen MR) is 83.3 cm³/mol. The summed E-state index contributed by atoms with van der Waals surface area (Å²) in [7, 11) is 0. The van der Waals surface area contributed by atoms with Crippen molar-refractivity contribution >= 4 is 12.2 Å². The SMILES string of the molecule is Oc1ccc(/C=C/c2ccc(OCC3CCO3)cc2)cc1. The van der Waals surface area contributed by atoms with Gasteiger partial charge in [0.05, 0.1) is 6.10 Å². The van der Waals surface area contributed by atoms with Crippen LogP contribution in [0.3, 0.4) is 0 Å². The lowest BCUT2D eigenvalue weighted by Gasteiger charge is -2.26. The molecule has 0 saturated carbocycles. The minimum Gasteiger partial charge on any atom is -0.508 e. The van der Waals surface area contributed by atoms with Gasteiger partial charge in [-0.3, -0.25) is 0 Å². The summed E-state index contributed by atoms with van der Waals surface area (Å²) in [5.41, 5.74) is 2.16. The first kappa shape index (κ1) is 13.7. The molecule has 3 nitrogen and oxygen atoms in total. The molecule has 1 atom stereocenters. The zero-order valence-corrected chi connectivity index (χ0v) is 11.7. The number of ether oxygens (including phenoxy) is 2. The van der Waals surface area contributed by atoms with Gasteiger partial charge in [-0.05, 0) is 35.4 Å². The smallest absolute Gasteiger partial charge is 0.119 e. The molecule has 108 valence electrons. The molecule has 0 radical (unpaired) electrons. The van der Waals surface area contributed by atoms with Crippen molar-refractivity contribution in [3.05, 3.63) is 59.7 Å². The average molecular weight is 282 g/mol. The molecule has 1 aliphatic rings. The second-order valence-corrected chi connectivity index (χ2v) is 5.09. The zero-order chi connectivity index (χ0) is 14.5. The maximum absolute atomic E-state index is 9.24. The predicted octanol–water partition coefficient (Wildman–Crippen LogP) is 3.73. The second-order valence-electron chi connectivity index (χ2n) is 5.09. The van der Waals surface area contributed by atoms with Crippen LogP contribution in [0.2, 0.25) is 0 Å². The van der Waals surface area contributed by atoms with Gasteiger partial charge in [0, 0.05) is 13.0 Å². The fourth-order valence-electron chi connectivity index (χ4n) is 2.06. The summed E-state index contributed by atoms with van der Waals surface area (Å²) in [6.45, 7) is 1.48. The molecule has 2 aromatic carbocycles. The Kier molecular flexibility index (Phi) is 4.22.